The van der Waals surface area contributed by atoms with Crippen molar-refractivity contribution in [1.29, 1.82) is 0 Å². The van der Waals surface area contributed by atoms with Crippen molar-refractivity contribution >= 4 is 11.5 Å². The minimum absolute atomic E-state index is 0.203. The van der Waals surface area contributed by atoms with E-state index in [1.807, 2.05) is 18.7 Å². The van der Waals surface area contributed by atoms with Crippen LogP contribution >= 0.6 is 0 Å². The van der Waals surface area contributed by atoms with Crippen LogP contribution in [-0.2, 0) is 0 Å². The molecule has 18 heavy (non-hydrogen) atoms. The smallest absolute Gasteiger partial charge is 0.364 e. The van der Waals surface area contributed by atoms with Gasteiger partial charge in [-0.2, -0.15) is 9.61 Å². The highest BCUT2D eigenvalue weighted by molar-refractivity contribution is 5.48. The second kappa shape index (κ2) is 3.55. The van der Waals surface area contributed by atoms with Gasteiger partial charge in [0.25, 0.3) is 0 Å². The molecule has 1 aliphatic rings. The van der Waals surface area contributed by atoms with Gasteiger partial charge >= 0.3 is 5.69 Å². The molecular weight excluding hydrogens is 234 g/mol. The lowest BCUT2D eigenvalue weighted by atomic mass is 9.83. The normalized spacial score (nSPS) is 18.3. The maximum absolute atomic E-state index is 11.4. The third-order valence-corrected chi connectivity index (χ3v) is 3.59. The Morgan fingerprint density at radius 3 is 2.83 bits per heavy atom. The number of aliphatic hydroxyl groups is 1. The van der Waals surface area contributed by atoms with E-state index < -0.39 is 5.60 Å². The summed E-state index contributed by atoms with van der Waals surface area (Å²) >= 11 is 0. The van der Waals surface area contributed by atoms with Gasteiger partial charge in [0, 0.05) is 0 Å². The van der Waals surface area contributed by atoms with E-state index in [0.717, 1.165) is 0 Å². The zero-order valence-corrected chi connectivity index (χ0v) is 10.3. The van der Waals surface area contributed by atoms with Gasteiger partial charge in [0.05, 0.1) is 13.1 Å². The van der Waals surface area contributed by atoms with Gasteiger partial charge in [-0.3, -0.25) is 0 Å². The average molecular weight is 249 g/mol. The van der Waals surface area contributed by atoms with Gasteiger partial charge < -0.3 is 10.0 Å². The molecule has 2 aromatic rings. The van der Waals surface area contributed by atoms with Crippen LogP contribution in [0.15, 0.2) is 16.9 Å². The fourth-order valence-corrected chi connectivity index (χ4v) is 2.10. The van der Waals surface area contributed by atoms with Crippen LogP contribution in [0.4, 0.5) is 5.82 Å². The molecule has 3 rings (SSSR count). The maximum atomic E-state index is 11.4. The van der Waals surface area contributed by atoms with Crippen molar-refractivity contribution in [2.75, 3.05) is 18.0 Å². The molecule has 0 saturated carbocycles. The maximum Gasteiger partial charge on any atom is 0.364 e. The number of fused-ring (bicyclic) bond motifs is 1. The van der Waals surface area contributed by atoms with Crippen LogP contribution in [0.3, 0.4) is 0 Å². The summed E-state index contributed by atoms with van der Waals surface area (Å²) in [6, 6.07) is 3.53. The predicted molar refractivity (Wildman–Crippen MR) is 65.6 cm³/mol. The Morgan fingerprint density at radius 1 is 1.44 bits per heavy atom. The molecule has 1 aliphatic heterocycles. The summed E-state index contributed by atoms with van der Waals surface area (Å²) in [5.74, 6) is 0.880. The Morgan fingerprint density at radius 2 is 2.17 bits per heavy atom. The van der Waals surface area contributed by atoms with E-state index >= 15 is 0 Å². The molecule has 7 nitrogen and oxygen atoms in total. The van der Waals surface area contributed by atoms with Gasteiger partial charge in [0.15, 0.2) is 5.65 Å². The Labute approximate surface area is 103 Å². The number of aromatic amines is 1. The monoisotopic (exact) mass is 249 g/mol. The first kappa shape index (κ1) is 11.2. The molecule has 0 bridgehead atoms. The zero-order valence-electron chi connectivity index (χ0n) is 10.3. The number of nitrogens with one attached hydrogen (secondary N) is 1. The third-order valence-electron chi connectivity index (χ3n) is 3.59. The third kappa shape index (κ3) is 1.51. The number of nitrogens with zero attached hydrogens (tertiary/aromatic N) is 4. The average Bonchev–Trinajstić information content (AvgIpc) is 2.66. The molecular formula is C11H15N5O2. The highest BCUT2D eigenvalue weighted by Gasteiger charge is 2.44. The van der Waals surface area contributed by atoms with E-state index in [0.29, 0.717) is 24.6 Å². The lowest BCUT2D eigenvalue weighted by Gasteiger charge is -2.49. The van der Waals surface area contributed by atoms with Crippen molar-refractivity contribution in [2.24, 2.45) is 5.92 Å². The first-order chi connectivity index (χ1) is 8.49. The van der Waals surface area contributed by atoms with Crippen LogP contribution in [0.25, 0.3) is 5.65 Å². The molecule has 3 heterocycles. The molecule has 0 aliphatic carbocycles. The highest BCUT2D eigenvalue weighted by atomic mass is 16.3. The van der Waals surface area contributed by atoms with E-state index in [-0.39, 0.29) is 11.6 Å². The van der Waals surface area contributed by atoms with Crippen LogP contribution in [0.1, 0.15) is 13.8 Å². The molecule has 0 aromatic carbocycles. The van der Waals surface area contributed by atoms with Crippen molar-refractivity contribution < 1.29 is 5.11 Å². The molecule has 2 aromatic heterocycles. The first-order valence-electron chi connectivity index (χ1n) is 5.91. The number of hydrogen-bond donors (Lipinski definition) is 2. The molecule has 2 N–H and O–H groups in total. The Hall–Kier alpha value is -1.89. The van der Waals surface area contributed by atoms with Gasteiger partial charge in [-0.05, 0) is 18.1 Å². The van der Waals surface area contributed by atoms with Crippen LogP contribution < -0.4 is 10.6 Å². The van der Waals surface area contributed by atoms with E-state index in [4.69, 9.17) is 0 Å². The van der Waals surface area contributed by atoms with E-state index in [1.165, 1.54) is 4.52 Å². The molecule has 0 radical (unpaired) electrons. The van der Waals surface area contributed by atoms with Crippen LogP contribution in [0.5, 0.6) is 0 Å². The summed E-state index contributed by atoms with van der Waals surface area (Å²) in [6.07, 6.45) is 0. The number of anilines is 1. The van der Waals surface area contributed by atoms with Crippen molar-refractivity contribution in [3.8, 4) is 0 Å². The fourth-order valence-electron chi connectivity index (χ4n) is 2.10. The molecule has 0 amide bonds. The van der Waals surface area contributed by atoms with Gasteiger partial charge in [0.1, 0.15) is 11.4 Å². The van der Waals surface area contributed by atoms with Crippen molar-refractivity contribution in [3.05, 3.63) is 22.6 Å². The predicted octanol–water partition coefficient (Wildman–Crippen LogP) is -0.375. The molecule has 7 heteroatoms. The number of hydrogen-bond acceptors (Lipinski definition) is 5. The van der Waals surface area contributed by atoms with Crippen molar-refractivity contribution in [3.63, 3.8) is 0 Å². The molecule has 0 atom stereocenters. The van der Waals surface area contributed by atoms with Gasteiger partial charge in [0.2, 0.25) is 0 Å². The minimum atomic E-state index is -0.655. The topological polar surface area (TPSA) is 86.5 Å². The Balaban J connectivity index is 1.89. The molecule has 0 spiro atoms. The van der Waals surface area contributed by atoms with Gasteiger partial charge in [-0.1, -0.05) is 13.8 Å². The number of aromatic nitrogens is 4. The van der Waals surface area contributed by atoms with Crippen molar-refractivity contribution in [1.82, 2.24) is 19.8 Å². The number of β-amino-alcohol motifs (C(OH)–C–C–N with tert-alkyl or cyclic N) is 1. The standard InChI is InChI=1S/C11H15N5O2/c1-7(2)11(18)5-15(6-11)9-4-3-8-12-13-10(17)16(8)14-9/h3-4,7,18H,5-6H2,1-2H3,(H,13,17). The summed E-state index contributed by atoms with van der Waals surface area (Å²) < 4.78 is 1.22. The summed E-state index contributed by atoms with van der Waals surface area (Å²) in [5.41, 5.74) is -0.521. The SMILES string of the molecule is CC(C)C1(O)CN(c2ccc3n[nH]c(=O)n3n2)C1. The molecule has 0 unspecified atom stereocenters. The lowest BCUT2D eigenvalue weighted by Crippen LogP contribution is -2.65. The quantitative estimate of drug-likeness (QED) is 0.758. The lowest BCUT2D eigenvalue weighted by molar-refractivity contribution is -0.0305. The van der Waals surface area contributed by atoms with E-state index in [1.54, 1.807) is 12.1 Å². The molecule has 1 fully saturated rings. The van der Waals surface area contributed by atoms with Gasteiger partial charge in [-0.15, -0.1) is 5.10 Å². The zero-order chi connectivity index (χ0) is 12.9. The summed E-state index contributed by atoms with van der Waals surface area (Å²) in [6.45, 7) is 5.06. The minimum Gasteiger partial charge on any atom is -0.386 e. The molecule has 1 saturated heterocycles. The number of H-pyrrole nitrogens is 1. The Kier molecular flexibility index (Phi) is 2.21. The number of rotatable bonds is 2. The van der Waals surface area contributed by atoms with Crippen LogP contribution in [-0.4, -0.2) is 43.6 Å². The Bertz CT molecular complexity index is 638. The van der Waals surface area contributed by atoms with Gasteiger partial charge in [-0.25, -0.2) is 9.89 Å². The van der Waals surface area contributed by atoms with Crippen LogP contribution in [0.2, 0.25) is 0 Å². The first-order valence-corrected chi connectivity index (χ1v) is 5.91. The second-order valence-corrected chi connectivity index (χ2v) is 5.10. The summed E-state index contributed by atoms with van der Waals surface area (Å²) in [4.78, 5) is 13.4. The van der Waals surface area contributed by atoms with Crippen molar-refractivity contribution in [2.45, 2.75) is 19.4 Å². The second-order valence-electron chi connectivity index (χ2n) is 5.10. The van der Waals surface area contributed by atoms with E-state index in [9.17, 15) is 9.90 Å². The fraction of sp³-hybridized carbons (Fsp3) is 0.545. The van der Waals surface area contributed by atoms with E-state index in [2.05, 4.69) is 15.3 Å². The molecule has 96 valence electrons. The highest BCUT2D eigenvalue weighted by Crippen LogP contribution is 2.31. The largest absolute Gasteiger partial charge is 0.386 e. The summed E-state index contributed by atoms with van der Waals surface area (Å²) in [7, 11) is 0. The summed E-state index contributed by atoms with van der Waals surface area (Å²) in [5, 5.41) is 20.6. The van der Waals surface area contributed by atoms with Crippen LogP contribution in [0, 0.1) is 5.92 Å².